The van der Waals surface area contributed by atoms with Crippen LogP contribution in [0.25, 0.3) is 11.0 Å². The van der Waals surface area contributed by atoms with Gasteiger partial charge >= 0.3 is 6.18 Å². The molecule has 0 spiro atoms. The zero-order valence-electron chi connectivity index (χ0n) is 22.6. The molecule has 0 amide bonds. The van der Waals surface area contributed by atoms with E-state index in [0.717, 1.165) is 19.2 Å². The normalized spacial score (nSPS) is 16.9. The number of nitrogens with one attached hydrogen (secondary N) is 1. The van der Waals surface area contributed by atoms with E-state index in [9.17, 15) is 18.4 Å². The van der Waals surface area contributed by atoms with Gasteiger partial charge in [0.25, 0.3) is 0 Å². The number of ether oxygens (including phenoxy) is 1. The summed E-state index contributed by atoms with van der Waals surface area (Å²) < 4.78 is 46.2. The molecule has 1 aromatic carbocycles. The van der Waals surface area contributed by atoms with Gasteiger partial charge < -0.3 is 15.0 Å². The van der Waals surface area contributed by atoms with Crippen LogP contribution in [0.15, 0.2) is 24.3 Å². The smallest absolute Gasteiger partial charge is 0.416 e. The summed E-state index contributed by atoms with van der Waals surface area (Å²) in [6.07, 6.45) is -3.19. The van der Waals surface area contributed by atoms with Crippen LogP contribution < -0.4 is 10.1 Å². The van der Waals surface area contributed by atoms with Crippen molar-refractivity contribution in [2.45, 2.75) is 71.1 Å². The van der Waals surface area contributed by atoms with Gasteiger partial charge in [0, 0.05) is 24.7 Å². The van der Waals surface area contributed by atoms with Gasteiger partial charge in [0.05, 0.1) is 35.6 Å². The number of nitriles is 1. The minimum absolute atomic E-state index is 0.163. The quantitative estimate of drug-likeness (QED) is 0.415. The largest absolute Gasteiger partial charge is 0.481 e. The highest BCUT2D eigenvalue weighted by atomic mass is 19.4. The minimum Gasteiger partial charge on any atom is -0.481 e. The molecular weight excluding hydrogens is 493 g/mol. The molecule has 202 valence electrons. The number of aromatic nitrogens is 3. The maximum atomic E-state index is 13.5. The number of rotatable bonds is 6. The third kappa shape index (κ3) is 5.12. The number of pyridine rings is 1. The highest BCUT2D eigenvalue weighted by Crippen LogP contribution is 2.42. The summed E-state index contributed by atoms with van der Waals surface area (Å²) in [4.78, 5) is 16.1. The van der Waals surface area contributed by atoms with Gasteiger partial charge in [-0.15, -0.1) is 0 Å². The number of likely N-dealkylation sites (tertiary alicyclic amines) is 1. The van der Waals surface area contributed by atoms with Crippen molar-refractivity contribution in [1.82, 2.24) is 19.9 Å². The summed E-state index contributed by atoms with van der Waals surface area (Å²) in [6, 6.07) is 8.49. The summed E-state index contributed by atoms with van der Waals surface area (Å²) in [5.41, 5.74) is 0.294. The van der Waals surface area contributed by atoms with Crippen LogP contribution in [0.2, 0.25) is 0 Å². The molecule has 3 heterocycles. The molecule has 0 radical (unpaired) electrons. The van der Waals surface area contributed by atoms with E-state index in [4.69, 9.17) is 4.74 Å². The van der Waals surface area contributed by atoms with Crippen molar-refractivity contribution in [2.24, 2.45) is 0 Å². The van der Waals surface area contributed by atoms with Crippen molar-refractivity contribution in [2.75, 3.05) is 25.5 Å². The molecule has 0 unspecified atom stereocenters. The van der Waals surface area contributed by atoms with Crippen LogP contribution in [0.3, 0.4) is 0 Å². The average Bonchev–Trinajstić information content (AvgIpc) is 2.87. The Morgan fingerprint density at radius 1 is 1.11 bits per heavy atom. The first-order valence-corrected chi connectivity index (χ1v) is 12.7. The van der Waals surface area contributed by atoms with E-state index in [-0.39, 0.29) is 5.56 Å². The number of anilines is 1. The number of fused-ring (bicyclic) bond motifs is 1. The summed E-state index contributed by atoms with van der Waals surface area (Å²) in [5.74, 6) is 1.25. The number of hydrogen-bond donors (Lipinski definition) is 1. The zero-order chi connectivity index (χ0) is 27.8. The summed E-state index contributed by atoms with van der Waals surface area (Å²) in [6.45, 7) is 10.8. The lowest BCUT2D eigenvalue weighted by atomic mass is 9.74. The molecule has 3 aromatic rings. The van der Waals surface area contributed by atoms with Crippen LogP contribution in [-0.2, 0) is 11.6 Å². The second-order valence-corrected chi connectivity index (χ2v) is 10.2. The van der Waals surface area contributed by atoms with Crippen LogP contribution >= 0.6 is 0 Å². The lowest BCUT2D eigenvalue weighted by Crippen LogP contribution is -2.44. The van der Waals surface area contributed by atoms with E-state index in [1.807, 2.05) is 6.07 Å². The van der Waals surface area contributed by atoms with Crippen molar-refractivity contribution in [3.05, 3.63) is 52.3 Å². The molecule has 2 aromatic heterocycles. The van der Waals surface area contributed by atoms with E-state index < -0.39 is 23.2 Å². The molecular formula is C28H33F3N6O. The Morgan fingerprint density at radius 2 is 1.79 bits per heavy atom. The second kappa shape index (κ2) is 10.4. The first-order chi connectivity index (χ1) is 17.9. The highest BCUT2D eigenvalue weighted by Gasteiger charge is 2.40. The fourth-order valence-corrected chi connectivity index (χ4v) is 5.33. The zero-order valence-corrected chi connectivity index (χ0v) is 22.6. The number of piperidine rings is 1. The first-order valence-electron chi connectivity index (χ1n) is 12.7. The Bertz CT molecular complexity index is 1370. The third-order valence-corrected chi connectivity index (χ3v) is 7.57. The molecule has 0 bridgehead atoms. The molecule has 38 heavy (non-hydrogen) atoms. The van der Waals surface area contributed by atoms with Crippen molar-refractivity contribution >= 4 is 16.9 Å². The Labute approximate surface area is 221 Å². The number of nitrogens with zero attached hydrogens (tertiary/aromatic N) is 5. The molecule has 1 N–H and O–H groups in total. The Morgan fingerprint density at radius 3 is 2.37 bits per heavy atom. The van der Waals surface area contributed by atoms with Gasteiger partial charge in [-0.25, -0.2) is 9.97 Å². The first kappa shape index (κ1) is 27.6. The molecule has 0 saturated carbocycles. The lowest BCUT2D eigenvalue weighted by molar-refractivity contribution is -0.138. The van der Waals surface area contributed by atoms with Crippen LogP contribution in [0, 0.1) is 25.2 Å². The van der Waals surface area contributed by atoms with Gasteiger partial charge in [-0.05, 0) is 70.7 Å². The van der Waals surface area contributed by atoms with E-state index in [2.05, 4.69) is 45.1 Å². The van der Waals surface area contributed by atoms with Crippen molar-refractivity contribution in [1.29, 1.82) is 5.26 Å². The molecule has 7 nitrogen and oxygen atoms in total. The molecule has 1 saturated heterocycles. The third-order valence-electron chi connectivity index (χ3n) is 7.57. The maximum absolute atomic E-state index is 13.5. The topological polar surface area (TPSA) is 87.0 Å². The van der Waals surface area contributed by atoms with Crippen molar-refractivity contribution in [3.63, 3.8) is 0 Å². The fourth-order valence-electron chi connectivity index (χ4n) is 5.33. The molecule has 0 aliphatic carbocycles. The number of alkyl halides is 3. The van der Waals surface area contributed by atoms with Gasteiger partial charge in [-0.1, -0.05) is 12.1 Å². The van der Waals surface area contributed by atoms with Gasteiger partial charge in [0.15, 0.2) is 5.65 Å². The predicted molar refractivity (Wildman–Crippen MR) is 140 cm³/mol. The monoisotopic (exact) mass is 526 g/mol. The van der Waals surface area contributed by atoms with Crippen LogP contribution in [-0.4, -0.2) is 46.1 Å². The van der Waals surface area contributed by atoms with Gasteiger partial charge in [-0.3, -0.25) is 0 Å². The number of aryl methyl sites for hydroxylation is 1. The number of benzene rings is 1. The molecule has 1 atom stereocenters. The summed E-state index contributed by atoms with van der Waals surface area (Å²) >= 11 is 0. The molecule has 10 heteroatoms. The van der Waals surface area contributed by atoms with E-state index >= 15 is 0 Å². The van der Waals surface area contributed by atoms with E-state index in [0.29, 0.717) is 58.6 Å². The fraction of sp³-hybridized carbons (Fsp3) is 0.500. The minimum atomic E-state index is -4.44. The lowest BCUT2D eigenvalue weighted by Gasteiger charge is -2.39. The summed E-state index contributed by atoms with van der Waals surface area (Å²) in [7, 11) is 1.53. The van der Waals surface area contributed by atoms with E-state index in [1.54, 1.807) is 19.9 Å². The number of halogens is 3. The highest BCUT2D eigenvalue weighted by molar-refractivity contribution is 5.88. The molecule has 4 rings (SSSR count). The van der Waals surface area contributed by atoms with Gasteiger partial charge in [0.2, 0.25) is 5.88 Å². The van der Waals surface area contributed by atoms with Crippen LogP contribution in [0.4, 0.5) is 19.0 Å². The van der Waals surface area contributed by atoms with Crippen molar-refractivity contribution in [3.8, 4) is 11.9 Å². The average molecular weight is 527 g/mol. The summed E-state index contributed by atoms with van der Waals surface area (Å²) in [5, 5.41) is 14.2. The predicted octanol–water partition coefficient (Wildman–Crippen LogP) is 6.11. The Hall–Kier alpha value is -3.45. The SMILES string of the molecule is COc1nc2nc(C)nc(N[C@H](C)c3cccc(C(F)(F)F)c3C)c2cc1C1(C#N)CCN(C(C)C)CC1. The standard InChI is InChI=1S/C28H33F3N6O/c1-16(2)37-12-10-27(15-32,11-13-37)23-14-21-24(34-19(5)35-25(21)36-26(23)38-6)33-18(4)20-8-7-9-22(17(20)3)28(29,30)31/h7-9,14,16,18H,10-13H2,1-6H3,(H,33,34,35,36)/t18-/m1/s1. The molecule has 1 aliphatic rings. The number of methoxy groups -OCH3 is 1. The van der Waals surface area contributed by atoms with Gasteiger partial charge in [0.1, 0.15) is 11.6 Å². The molecule has 1 fully saturated rings. The van der Waals surface area contributed by atoms with Crippen molar-refractivity contribution < 1.29 is 17.9 Å². The maximum Gasteiger partial charge on any atom is 0.416 e. The van der Waals surface area contributed by atoms with E-state index in [1.165, 1.54) is 20.1 Å². The Balaban J connectivity index is 1.79. The second-order valence-electron chi connectivity index (χ2n) is 10.2. The van der Waals surface area contributed by atoms with Crippen LogP contribution in [0.5, 0.6) is 5.88 Å². The molecule has 1 aliphatic heterocycles. The Kier molecular flexibility index (Phi) is 7.53. The number of hydrogen-bond acceptors (Lipinski definition) is 7. The van der Waals surface area contributed by atoms with Gasteiger partial charge in [-0.2, -0.15) is 23.4 Å². The van der Waals surface area contributed by atoms with Crippen LogP contribution in [0.1, 0.15) is 67.7 Å².